The van der Waals surface area contributed by atoms with Crippen molar-refractivity contribution in [1.29, 1.82) is 0 Å². The number of aryl methyl sites for hydroxylation is 1. The van der Waals surface area contributed by atoms with Gasteiger partial charge in [-0.25, -0.2) is 4.98 Å². The second kappa shape index (κ2) is 7.94. The van der Waals surface area contributed by atoms with Crippen molar-refractivity contribution >= 4 is 5.91 Å². The second-order valence-electron chi connectivity index (χ2n) is 4.91. The number of aromatic nitrogens is 2. The van der Waals surface area contributed by atoms with E-state index in [1.54, 1.807) is 7.11 Å². The topological polar surface area (TPSA) is 56.1 Å². The zero-order valence-electron chi connectivity index (χ0n) is 12.3. The lowest BCUT2D eigenvalue weighted by Gasteiger charge is -2.14. The fourth-order valence-electron chi connectivity index (χ4n) is 2.04. The smallest absolute Gasteiger partial charge is 0.249 e. The molecule has 0 aliphatic heterocycles. The van der Waals surface area contributed by atoms with Gasteiger partial charge in [0.2, 0.25) is 5.91 Å². The summed E-state index contributed by atoms with van der Waals surface area (Å²) >= 11 is 0. The summed E-state index contributed by atoms with van der Waals surface area (Å²) in [5, 5.41) is 2.90. The van der Waals surface area contributed by atoms with Gasteiger partial charge in [-0.05, 0) is 12.8 Å². The molecule has 1 aromatic rings. The number of hydrogen-bond donors (Lipinski definition) is 1. The van der Waals surface area contributed by atoms with Crippen LogP contribution in [0.25, 0.3) is 0 Å². The van der Waals surface area contributed by atoms with Gasteiger partial charge in [-0.3, -0.25) is 4.79 Å². The molecule has 108 valence electrons. The fraction of sp³-hybridized carbons (Fsp3) is 0.714. The van der Waals surface area contributed by atoms with Crippen molar-refractivity contribution in [3.05, 3.63) is 18.2 Å². The molecule has 0 saturated carbocycles. The van der Waals surface area contributed by atoms with E-state index >= 15 is 0 Å². The van der Waals surface area contributed by atoms with E-state index in [0.717, 1.165) is 18.8 Å². The van der Waals surface area contributed by atoms with Crippen LogP contribution in [0.2, 0.25) is 0 Å². The van der Waals surface area contributed by atoms with Crippen LogP contribution in [-0.2, 0) is 16.1 Å². The van der Waals surface area contributed by atoms with E-state index in [1.807, 2.05) is 19.3 Å². The monoisotopic (exact) mass is 267 g/mol. The SMILES string of the molecule is CC[C@H](OC)C(=O)NCCCn1ccnc1C(C)C. The molecule has 0 saturated heterocycles. The molecule has 1 N–H and O–H groups in total. The first-order valence-corrected chi connectivity index (χ1v) is 6.91. The van der Waals surface area contributed by atoms with Crippen molar-refractivity contribution in [2.45, 2.75) is 52.2 Å². The highest BCUT2D eigenvalue weighted by Crippen LogP contribution is 2.11. The van der Waals surface area contributed by atoms with Crippen molar-refractivity contribution in [3.8, 4) is 0 Å². The van der Waals surface area contributed by atoms with E-state index in [2.05, 4.69) is 28.7 Å². The maximum Gasteiger partial charge on any atom is 0.249 e. The summed E-state index contributed by atoms with van der Waals surface area (Å²) in [6, 6.07) is 0. The maximum absolute atomic E-state index is 11.7. The number of amides is 1. The quantitative estimate of drug-likeness (QED) is 0.732. The van der Waals surface area contributed by atoms with Gasteiger partial charge >= 0.3 is 0 Å². The molecular weight excluding hydrogens is 242 g/mol. The van der Waals surface area contributed by atoms with Crippen molar-refractivity contribution in [3.63, 3.8) is 0 Å². The van der Waals surface area contributed by atoms with Crippen molar-refractivity contribution in [2.75, 3.05) is 13.7 Å². The summed E-state index contributed by atoms with van der Waals surface area (Å²) < 4.78 is 7.23. The first kappa shape index (κ1) is 15.7. The van der Waals surface area contributed by atoms with Gasteiger partial charge in [-0.2, -0.15) is 0 Å². The summed E-state index contributed by atoms with van der Waals surface area (Å²) in [7, 11) is 1.56. The Balaban J connectivity index is 2.31. The summed E-state index contributed by atoms with van der Waals surface area (Å²) in [6.07, 6.45) is 5.07. The minimum absolute atomic E-state index is 0.0280. The summed E-state index contributed by atoms with van der Waals surface area (Å²) in [6.45, 7) is 7.73. The van der Waals surface area contributed by atoms with Crippen molar-refractivity contribution in [1.82, 2.24) is 14.9 Å². The van der Waals surface area contributed by atoms with Crippen LogP contribution in [0, 0.1) is 0 Å². The first-order chi connectivity index (χ1) is 9.10. The van der Waals surface area contributed by atoms with Crippen LogP contribution in [0.4, 0.5) is 0 Å². The number of carbonyl (C=O) groups excluding carboxylic acids is 1. The predicted octanol–water partition coefficient (Wildman–Crippen LogP) is 1.94. The number of rotatable bonds is 8. The molecule has 1 amide bonds. The molecular formula is C14H25N3O2. The minimum atomic E-state index is -0.334. The molecule has 5 heteroatoms. The molecule has 0 unspecified atom stereocenters. The van der Waals surface area contributed by atoms with Gasteiger partial charge in [-0.1, -0.05) is 20.8 Å². The van der Waals surface area contributed by atoms with E-state index in [1.165, 1.54) is 0 Å². The van der Waals surface area contributed by atoms with Crippen LogP contribution in [0.1, 0.15) is 45.4 Å². The predicted molar refractivity (Wildman–Crippen MR) is 75.0 cm³/mol. The molecule has 1 heterocycles. The molecule has 0 radical (unpaired) electrons. The average Bonchev–Trinajstić information content (AvgIpc) is 2.84. The van der Waals surface area contributed by atoms with E-state index in [0.29, 0.717) is 18.9 Å². The van der Waals surface area contributed by atoms with Gasteiger partial charge in [0, 0.05) is 38.5 Å². The summed E-state index contributed by atoms with van der Waals surface area (Å²) in [5.74, 6) is 1.48. The molecule has 0 spiro atoms. The van der Waals surface area contributed by atoms with E-state index in [-0.39, 0.29) is 12.0 Å². The third-order valence-corrected chi connectivity index (χ3v) is 3.09. The van der Waals surface area contributed by atoms with Crippen LogP contribution >= 0.6 is 0 Å². The van der Waals surface area contributed by atoms with Crippen LogP contribution < -0.4 is 5.32 Å². The molecule has 1 atom stereocenters. The van der Waals surface area contributed by atoms with E-state index in [4.69, 9.17) is 4.74 Å². The number of methoxy groups -OCH3 is 1. The lowest BCUT2D eigenvalue weighted by Crippen LogP contribution is -2.36. The molecule has 0 aliphatic rings. The first-order valence-electron chi connectivity index (χ1n) is 6.91. The van der Waals surface area contributed by atoms with E-state index < -0.39 is 0 Å². The van der Waals surface area contributed by atoms with Gasteiger partial charge < -0.3 is 14.6 Å². The Morgan fingerprint density at radius 1 is 1.53 bits per heavy atom. The number of imidazole rings is 1. The Labute approximate surface area is 115 Å². The lowest BCUT2D eigenvalue weighted by atomic mass is 10.2. The fourth-order valence-corrected chi connectivity index (χ4v) is 2.04. The summed E-state index contributed by atoms with van der Waals surface area (Å²) in [4.78, 5) is 16.0. The molecule has 19 heavy (non-hydrogen) atoms. The maximum atomic E-state index is 11.7. The Hall–Kier alpha value is -1.36. The highest BCUT2D eigenvalue weighted by molar-refractivity contribution is 5.80. The number of nitrogens with zero attached hydrogens (tertiary/aromatic N) is 2. The normalized spacial score (nSPS) is 12.7. The molecule has 0 aromatic carbocycles. The standard InChI is InChI=1S/C14H25N3O2/c1-5-12(19-4)14(18)16-7-6-9-17-10-8-15-13(17)11(2)3/h8,10-12H,5-7,9H2,1-4H3,(H,16,18)/t12-/m0/s1. The number of carbonyl (C=O) groups is 1. The lowest BCUT2D eigenvalue weighted by molar-refractivity contribution is -0.131. The molecule has 5 nitrogen and oxygen atoms in total. The van der Waals surface area contributed by atoms with Gasteiger partial charge in [0.05, 0.1) is 0 Å². The average molecular weight is 267 g/mol. The molecule has 0 fully saturated rings. The third-order valence-electron chi connectivity index (χ3n) is 3.09. The molecule has 1 aromatic heterocycles. The Bertz CT molecular complexity index is 384. The van der Waals surface area contributed by atoms with Gasteiger partial charge in [0.15, 0.2) is 0 Å². The Kier molecular flexibility index (Phi) is 6.56. The summed E-state index contributed by atoms with van der Waals surface area (Å²) in [5.41, 5.74) is 0. The highest BCUT2D eigenvalue weighted by atomic mass is 16.5. The molecule has 0 aliphatic carbocycles. The van der Waals surface area contributed by atoms with Crippen LogP contribution in [0.3, 0.4) is 0 Å². The van der Waals surface area contributed by atoms with E-state index in [9.17, 15) is 4.79 Å². The van der Waals surface area contributed by atoms with Crippen LogP contribution in [-0.4, -0.2) is 35.2 Å². The van der Waals surface area contributed by atoms with Crippen molar-refractivity contribution in [2.24, 2.45) is 0 Å². The molecule has 0 bridgehead atoms. The minimum Gasteiger partial charge on any atom is -0.372 e. The van der Waals surface area contributed by atoms with Gasteiger partial charge in [0.25, 0.3) is 0 Å². The van der Waals surface area contributed by atoms with Crippen LogP contribution in [0.15, 0.2) is 12.4 Å². The van der Waals surface area contributed by atoms with Crippen molar-refractivity contribution < 1.29 is 9.53 Å². The van der Waals surface area contributed by atoms with Gasteiger partial charge in [0.1, 0.15) is 11.9 Å². The number of hydrogen-bond acceptors (Lipinski definition) is 3. The number of nitrogens with one attached hydrogen (secondary N) is 1. The largest absolute Gasteiger partial charge is 0.372 e. The third kappa shape index (κ3) is 4.67. The second-order valence-corrected chi connectivity index (χ2v) is 4.91. The number of ether oxygens (including phenoxy) is 1. The highest BCUT2D eigenvalue weighted by Gasteiger charge is 2.14. The molecule has 1 rings (SSSR count). The Morgan fingerprint density at radius 3 is 2.84 bits per heavy atom. The van der Waals surface area contributed by atoms with Crippen LogP contribution in [0.5, 0.6) is 0 Å². The van der Waals surface area contributed by atoms with Gasteiger partial charge in [-0.15, -0.1) is 0 Å². The Morgan fingerprint density at radius 2 is 2.26 bits per heavy atom. The zero-order valence-corrected chi connectivity index (χ0v) is 12.3. The zero-order chi connectivity index (χ0) is 14.3.